The van der Waals surface area contributed by atoms with Crippen LogP contribution in [-0.2, 0) is 9.53 Å². The second-order valence-electron chi connectivity index (χ2n) is 3.79. The lowest BCUT2D eigenvalue weighted by Crippen LogP contribution is -1.99. The fraction of sp³-hybridized carbons (Fsp3) is 0.533. The normalized spacial score (nSPS) is 11.9. The molecule has 0 N–H and O–H groups in total. The zero-order chi connectivity index (χ0) is 12.8. The van der Waals surface area contributed by atoms with E-state index < -0.39 is 0 Å². The molecule has 0 saturated heterocycles. The zero-order valence-electron chi connectivity index (χ0n) is 11.0. The minimum absolute atomic E-state index is 0.288. The van der Waals surface area contributed by atoms with Crippen LogP contribution in [0.4, 0.5) is 0 Å². The molecule has 0 spiro atoms. The van der Waals surface area contributed by atoms with Gasteiger partial charge in [-0.25, -0.2) is 4.79 Å². The highest BCUT2D eigenvalue weighted by molar-refractivity contribution is 5.82. The molecule has 0 aliphatic carbocycles. The van der Waals surface area contributed by atoms with Gasteiger partial charge in [0.15, 0.2) is 0 Å². The third-order valence-corrected chi connectivity index (χ3v) is 2.18. The number of ether oxygens (including phenoxy) is 1. The van der Waals surface area contributed by atoms with E-state index in [1.807, 2.05) is 25.2 Å². The summed E-state index contributed by atoms with van der Waals surface area (Å²) in [5.41, 5.74) is 0. The van der Waals surface area contributed by atoms with Crippen molar-refractivity contribution in [2.45, 2.75) is 46.0 Å². The van der Waals surface area contributed by atoms with Crippen LogP contribution in [0.2, 0.25) is 0 Å². The summed E-state index contributed by atoms with van der Waals surface area (Å²) in [5.74, 6) is -0.288. The molecule has 0 amide bonds. The van der Waals surface area contributed by atoms with Crippen molar-refractivity contribution in [1.82, 2.24) is 0 Å². The molecule has 0 aromatic rings. The van der Waals surface area contributed by atoms with Crippen LogP contribution in [-0.4, -0.2) is 12.6 Å². The molecule has 0 aromatic heterocycles. The number of carbonyl (C=O) groups is 1. The largest absolute Gasteiger partial charge is 0.458 e. The Morgan fingerprint density at radius 1 is 1.06 bits per heavy atom. The second-order valence-corrected chi connectivity index (χ2v) is 3.79. The van der Waals surface area contributed by atoms with E-state index in [9.17, 15) is 4.79 Å². The summed E-state index contributed by atoms with van der Waals surface area (Å²) in [5, 5.41) is 0. The van der Waals surface area contributed by atoms with Crippen molar-refractivity contribution in [3.63, 3.8) is 0 Å². The van der Waals surface area contributed by atoms with Gasteiger partial charge in [0.2, 0.25) is 0 Å². The molecule has 0 heterocycles. The second kappa shape index (κ2) is 12.8. The van der Waals surface area contributed by atoms with Crippen LogP contribution >= 0.6 is 0 Å². The first-order valence-electron chi connectivity index (χ1n) is 6.46. The molecule has 0 rings (SSSR count). The quantitative estimate of drug-likeness (QED) is 0.197. The number of esters is 1. The van der Waals surface area contributed by atoms with E-state index in [-0.39, 0.29) is 5.97 Å². The van der Waals surface area contributed by atoms with Gasteiger partial charge in [-0.1, -0.05) is 57.1 Å². The van der Waals surface area contributed by atoms with Gasteiger partial charge in [0.1, 0.15) is 6.61 Å². The predicted octanol–water partition coefficient (Wildman–Crippen LogP) is 4.19. The van der Waals surface area contributed by atoms with Crippen LogP contribution in [0.3, 0.4) is 0 Å². The van der Waals surface area contributed by atoms with E-state index in [4.69, 9.17) is 4.74 Å². The van der Waals surface area contributed by atoms with Gasteiger partial charge in [-0.15, -0.1) is 0 Å². The number of unbranched alkanes of at least 4 members (excludes halogenated alkanes) is 3. The van der Waals surface area contributed by atoms with Gasteiger partial charge in [-0.3, -0.25) is 0 Å². The zero-order valence-corrected chi connectivity index (χ0v) is 11.0. The minimum Gasteiger partial charge on any atom is -0.458 e. The molecule has 17 heavy (non-hydrogen) atoms. The summed E-state index contributed by atoms with van der Waals surface area (Å²) < 4.78 is 4.94. The molecular weight excluding hydrogens is 212 g/mol. The van der Waals surface area contributed by atoms with Gasteiger partial charge in [-0.05, 0) is 19.3 Å². The summed E-state index contributed by atoms with van der Waals surface area (Å²) in [4.78, 5) is 11.2. The molecule has 0 unspecified atom stereocenters. The third-order valence-electron chi connectivity index (χ3n) is 2.18. The number of allylic oxidation sites excluding steroid dienone is 4. The van der Waals surface area contributed by atoms with E-state index in [2.05, 4.69) is 13.0 Å². The average molecular weight is 236 g/mol. The maximum absolute atomic E-state index is 11.2. The van der Waals surface area contributed by atoms with Gasteiger partial charge in [-0.2, -0.15) is 0 Å². The van der Waals surface area contributed by atoms with Crippen molar-refractivity contribution in [2.75, 3.05) is 6.61 Å². The van der Waals surface area contributed by atoms with Crippen LogP contribution in [0.5, 0.6) is 0 Å². The Labute approximate surface area is 105 Å². The Balaban J connectivity index is 3.55. The summed E-state index contributed by atoms with van der Waals surface area (Å²) in [6.45, 7) is 4.59. The van der Waals surface area contributed by atoms with Crippen molar-refractivity contribution in [3.8, 4) is 0 Å². The van der Waals surface area contributed by atoms with Crippen molar-refractivity contribution >= 4 is 5.97 Å². The molecule has 96 valence electrons. The summed E-state index contributed by atoms with van der Waals surface area (Å²) in [6, 6.07) is 0. The molecule has 2 heteroatoms. The van der Waals surface area contributed by atoms with Gasteiger partial charge < -0.3 is 4.74 Å². The Hall–Kier alpha value is -1.31. The molecule has 2 nitrogen and oxygen atoms in total. The SMILES string of the molecule is CCC=CCOC(=O)C=CC=CCCCCC. The monoisotopic (exact) mass is 236 g/mol. The van der Waals surface area contributed by atoms with E-state index in [1.165, 1.54) is 25.3 Å². The average Bonchev–Trinajstić information content (AvgIpc) is 2.33. The molecule has 0 radical (unpaired) electrons. The smallest absolute Gasteiger partial charge is 0.331 e. The molecule has 0 saturated carbocycles. The lowest BCUT2D eigenvalue weighted by Gasteiger charge is -1.95. The maximum Gasteiger partial charge on any atom is 0.331 e. The molecule has 0 aliphatic rings. The standard InChI is InChI=1S/C15H24O2/c1-3-5-7-8-9-10-11-13-15(16)17-14-12-6-4-2/h6,9-13H,3-5,7-8,14H2,1-2H3. The molecule has 0 aliphatic heterocycles. The minimum atomic E-state index is -0.288. The van der Waals surface area contributed by atoms with Crippen molar-refractivity contribution in [2.24, 2.45) is 0 Å². The highest BCUT2D eigenvalue weighted by Gasteiger charge is 1.91. The topological polar surface area (TPSA) is 26.3 Å². The fourth-order valence-corrected chi connectivity index (χ4v) is 1.23. The summed E-state index contributed by atoms with van der Waals surface area (Å²) in [7, 11) is 0. The maximum atomic E-state index is 11.2. The van der Waals surface area contributed by atoms with Crippen LogP contribution in [0.15, 0.2) is 36.5 Å². The van der Waals surface area contributed by atoms with E-state index in [0.29, 0.717) is 6.61 Å². The highest BCUT2D eigenvalue weighted by atomic mass is 16.5. The third kappa shape index (κ3) is 12.6. The predicted molar refractivity (Wildman–Crippen MR) is 72.8 cm³/mol. The highest BCUT2D eigenvalue weighted by Crippen LogP contribution is 1.99. The van der Waals surface area contributed by atoms with Crippen LogP contribution in [0, 0.1) is 0 Å². The van der Waals surface area contributed by atoms with E-state index in [1.54, 1.807) is 6.08 Å². The first-order valence-corrected chi connectivity index (χ1v) is 6.46. The fourth-order valence-electron chi connectivity index (χ4n) is 1.23. The first-order chi connectivity index (χ1) is 8.31. The molecule has 0 fully saturated rings. The van der Waals surface area contributed by atoms with Crippen molar-refractivity contribution in [1.29, 1.82) is 0 Å². The molecular formula is C15H24O2. The number of carbonyl (C=O) groups excluding carboxylic acids is 1. The van der Waals surface area contributed by atoms with Gasteiger partial charge >= 0.3 is 5.97 Å². The number of hydrogen-bond acceptors (Lipinski definition) is 2. The van der Waals surface area contributed by atoms with E-state index in [0.717, 1.165) is 12.8 Å². The Morgan fingerprint density at radius 2 is 1.88 bits per heavy atom. The van der Waals surface area contributed by atoms with E-state index >= 15 is 0 Å². The first kappa shape index (κ1) is 15.7. The summed E-state index contributed by atoms with van der Waals surface area (Å²) in [6.07, 6.45) is 16.8. The van der Waals surface area contributed by atoms with Crippen LogP contribution < -0.4 is 0 Å². The van der Waals surface area contributed by atoms with Gasteiger partial charge in [0, 0.05) is 6.08 Å². The lowest BCUT2D eigenvalue weighted by atomic mass is 10.2. The number of hydrogen-bond donors (Lipinski definition) is 0. The van der Waals surface area contributed by atoms with Gasteiger partial charge in [0.05, 0.1) is 0 Å². The number of rotatable bonds is 9. The van der Waals surface area contributed by atoms with Crippen LogP contribution in [0.1, 0.15) is 46.0 Å². The Kier molecular flexibility index (Phi) is 11.8. The molecule has 0 atom stereocenters. The van der Waals surface area contributed by atoms with Gasteiger partial charge in [0.25, 0.3) is 0 Å². The molecule has 0 aromatic carbocycles. The van der Waals surface area contributed by atoms with Crippen molar-refractivity contribution < 1.29 is 9.53 Å². The summed E-state index contributed by atoms with van der Waals surface area (Å²) >= 11 is 0. The lowest BCUT2D eigenvalue weighted by molar-refractivity contribution is -0.136. The Morgan fingerprint density at radius 3 is 2.59 bits per heavy atom. The Bertz CT molecular complexity index is 262. The van der Waals surface area contributed by atoms with Crippen molar-refractivity contribution in [3.05, 3.63) is 36.5 Å². The van der Waals surface area contributed by atoms with Crippen LogP contribution in [0.25, 0.3) is 0 Å². The molecule has 0 bridgehead atoms.